The highest BCUT2D eigenvalue weighted by molar-refractivity contribution is 9.10. The molecule has 0 bridgehead atoms. The number of rotatable bonds is 2. The van der Waals surface area contributed by atoms with Crippen LogP contribution >= 0.6 is 39.1 Å². The molecule has 6 heteroatoms. The van der Waals surface area contributed by atoms with Gasteiger partial charge in [0, 0.05) is 9.50 Å². The Morgan fingerprint density at radius 3 is 2.50 bits per heavy atom. The summed E-state index contributed by atoms with van der Waals surface area (Å²) in [7, 11) is 0. The van der Waals surface area contributed by atoms with Crippen molar-refractivity contribution in [1.82, 2.24) is 9.97 Å². The Morgan fingerprint density at radius 2 is 1.80 bits per heavy atom. The van der Waals surface area contributed by atoms with E-state index in [-0.39, 0.29) is 11.1 Å². The van der Waals surface area contributed by atoms with Crippen LogP contribution in [0, 0.1) is 0 Å². The van der Waals surface area contributed by atoms with E-state index in [1.165, 1.54) is 0 Å². The second kappa shape index (κ2) is 5.28. The predicted molar refractivity (Wildman–Crippen MR) is 85.8 cm³/mol. The summed E-state index contributed by atoms with van der Waals surface area (Å²) in [4.78, 5) is 16.8. The third kappa shape index (κ3) is 2.51. The summed E-state index contributed by atoms with van der Waals surface area (Å²) in [5.74, 6) is 0. The van der Waals surface area contributed by atoms with Gasteiger partial charge in [-0.2, -0.15) is 0 Å². The molecule has 2 aromatic carbocycles. The number of aromatic amines is 2. The molecular weight excluding hydrogens is 363 g/mol. The van der Waals surface area contributed by atoms with Gasteiger partial charge in [-0.1, -0.05) is 39.7 Å². The summed E-state index contributed by atoms with van der Waals surface area (Å²) < 4.78 is 0.834. The van der Waals surface area contributed by atoms with Crippen molar-refractivity contribution < 1.29 is 0 Å². The van der Waals surface area contributed by atoms with E-state index < -0.39 is 0 Å². The van der Waals surface area contributed by atoms with Gasteiger partial charge in [0.2, 0.25) is 0 Å². The van der Waals surface area contributed by atoms with E-state index in [1.54, 1.807) is 6.07 Å². The number of hydrogen-bond acceptors (Lipinski definition) is 1. The maximum Gasteiger partial charge on any atom is 0.323 e. The molecule has 20 heavy (non-hydrogen) atoms. The molecule has 0 aliphatic rings. The lowest BCUT2D eigenvalue weighted by atomic mass is 10.0. The van der Waals surface area contributed by atoms with Gasteiger partial charge in [-0.15, -0.1) is 11.6 Å². The molecule has 1 aromatic heterocycles. The van der Waals surface area contributed by atoms with Crippen LogP contribution in [-0.2, 0) is 0 Å². The maximum atomic E-state index is 11.3. The first kappa shape index (κ1) is 13.7. The van der Waals surface area contributed by atoms with E-state index in [1.807, 2.05) is 30.3 Å². The molecule has 3 aromatic rings. The van der Waals surface area contributed by atoms with E-state index in [4.69, 9.17) is 23.2 Å². The van der Waals surface area contributed by atoms with Crippen LogP contribution in [0.15, 0.2) is 45.7 Å². The first-order chi connectivity index (χ1) is 9.54. The van der Waals surface area contributed by atoms with Crippen LogP contribution in [-0.4, -0.2) is 9.97 Å². The minimum Gasteiger partial charge on any atom is -0.306 e. The van der Waals surface area contributed by atoms with Gasteiger partial charge in [-0.05, 0) is 35.4 Å². The first-order valence-corrected chi connectivity index (χ1v) is 7.46. The molecule has 0 fully saturated rings. The molecule has 1 unspecified atom stereocenters. The van der Waals surface area contributed by atoms with E-state index in [2.05, 4.69) is 25.9 Å². The summed E-state index contributed by atoms with van der Waals surface area (Å²) in [5.41, 5.74) is 2.99. The Morgan fingerprint density at radius 1 is 1.10 bits per heavy atom. The minimum absolute atomic E-state index is 0.238. The number of fused-ring (bicyclic) bond motifs is 1. The third-order valence-electron chi connectivity index (χ3n) is 3.05. The van der Waals surface area contributed by atoms with Gasteiger partial charge in [0.05, 0.1) is 16.4 Å². The number of imidazole rings is 1. The fraction of sp³-hybridized carbons (Fsp3) is 0.0714. The van der Waals surface area contributed by atoms with Gasteiger partial charge in [-0.3, -0.25) is 0 Å². The first-order valence-electron chi connectivity index (χ1n) is 5.85. The topological polar surface area (TPSA) is 48.6 Å². The molecule has 102 valence electrons. The predicted octanol–water partition coefficient (Wildman–Crippen LogP) is 4.60. The zero-order chi connectivity index (χ0) is 14.3. The Kier molecular flexibility index (Phi) is 3.63. The van der Waals surface area contributed by atoms with Gasteiger partial charge >= 0.3 is 5.69 Å². The van der Waals surface area contributed by atoms with Gasteiger partial charge in [0.25, 0.3) is 0 Å². The second-order valence-electron chi connectivity index (χ2n) is 4.42. The Bertz CT molecular complexity index is 841. The minimum atomic E-state index is -0.356. The molecule has 0 saturated carbocycles. The van der Waals surface area contributed by atoms with Crippen LogP contribution in [0.5, 0.6) is 0 Å². The Labute approximate surface area is 133 Å². The van der Waals surface area contributed by atoms with E-state index in [0.717, 1.165) is 26.6 Å². The second-order valence-corrected chi connectivity index (χ2v) is 6.14. The number of halogens is 3. The van der Waals surface area contributed by atoms with Crippen molar-refractivity contribution in [2.75, 3.05) is 0 Å². The van der Waals surface area contributed by atoms with Crippen LogP contribution in [0.2, 0.25) is 5.02 Å². The monoisotopic (exact) mass is 370 g/mol. The quantitative estimate of drug-likeness (QED) is 0.635. The van der Waals surface area contributed by atoms with Crippen molar-refractivity contribution in [3.63, 3.8) is 0 Å². The third-order valence-corrected chi connectivity index (χ3v) is 4.46. The van der Waals surface area contributed by atoms with Gasteiger partial charge < -0.3 is 9.97 Å². The number of benzene rings is 2. The zero-order valence-electron chi connectivity index (χ0n) is 10.1. The van der Waals surface area contributed by atoms with Crippen molar-refractivity contribution >= 4 is 50.2 Å². The molecular formula is C14H9BrCl2N2O. The molecule has 0 radical (unpaired) electrons. The van der Waals surface area contributed by atoms with E-state index in [0.29, 0.717) is 5.02 Å². The SMILES string of the molecule is O=c1[nH]c2cc(Br)c(C(Cl)c3cccc(Cl)c3)cc2[nH]1. The molecule has 0 aliphatic carbocycles. The van der Waals surface area contributed by atoms with Crippen molar-refractivity contribution in [2.45, 2.75) is 5.38 Å². The molecule has 3 nitrogen and oxygen atoms in total. The number of aromatic nitrogens is 2. The van der Waals surface area contributed by atoms with Crippen LogP contribution in [0.25, 0.3) is 11.0 Å². The highest BCUT2D eigenvalue weighted by Crippen LogP contribution is 2.36. The Hall–Kier alpha value is -1.23. The molecule has 0 spiro atoms. The normalized spacial score (nSPS) is 12.8. The van der Waals surface area contributed by atoms with Gasteiger partial charge in [0.1, 0.15) is 0 Å². The van der Waals surface area contributed by atoms with E-state index >= 15 is 0 Å². The van der Waals surface area contributed by atoms with Crippen molar-refractivity contribution in [3.05, 3.63) is 67.5 Å². The summed E-state index contributed by atoms with van der Waals surface area (Å²) in [6, 6.07) is 11.1. The fourth-order valence-electron chi connectivity index (χ4n) is 2.11. The van der Waals surface area contributed by atoms with Gasteiger partial charge in [-0.25, -0.2) is 4.79 Å². The van der Waals surface area contributed by atoms with E-state index in [9.17, 15) is 4.79 Å². The number of hydrogen-bond donors (Lipinski definition) is 2. The van der Waals surface area contributed by atoms with Crippen LogP contribution < -0.4 is 5.69 Å². The molecule has 1 heterocycles. The highest BCUT2D eigenvalue weighted by Gasteiger charge is 2.16. The number of alkyl halides is 1. The van der Waals surface area contributed by atoms with Gasteiger partial charge in [0.15, 0.2) is 0 Å². The van der Waals surface area contributed by atoms with Crippen molar-refractivity contribution in [3.8, 4) is 0 Å². The lowest BCUT2D eigenvalue weighted by molar-refractivity contribution is 1.13. The standard InChI is InChI=1S/C14H9BrCl2N2O/c15-10-6-12-11(18-14(20)19-12)5-9(10)13(17)7-2-1-3-8(16)4-7/h1-6,13H,(H2,18,19,20). The average Bonchev–Trinajstić information content (AvgIpc) is 2.76. The molecule has 0 saturated heterocycles. The summed E-state index contributed by atoms with van der Waals surface area (Å²) >= 11 is 16.0. The largest absolute Gasteiger partial charge is 0.323 e. The number of nitrogens with one attached hydrogen (secondary N) is 2. The highest BCUT2D eigenvalue weighted by atomic mass is 79.9. The lowest BCUT2D eigenvalue weighted by Gasteiger charge is -2.13. The molecule has 3 rings (SSSR count). The fourth-order valence-corrected chi connectivity index (χ4v) is 3.33. The smallest absolute Gasteiger partial charge is 0.306 e. The molecule has 1 atom stereocenters. The molecule has 0 amide bonds. The lowest BCUT2D eigenvalue weighted by Crippen LogP contribution is -1.99. The maximum absolute atomic E-state index is 11.3. The number of H-pyrrole nitrogens is 2. The Balaban J connectivity index is 2.13. The molecule has 2 N–H and O–H groups in total. The molecule has 0 aliphatic heterocycles. The van der Waals surface area contributed by atoms with Crippen LogP contribution in [0.4, 0.5) is 0 Å². The van der Waals surface area contributed by atoms with Crippen LogP contribution in [0.1, 0.15) is 16.5 Å². The summed E-state index contributed by atoms with van der Waals surface area (Å²) in [6.45, 7) is 0. The zero-order valence-corrected chi connectivity index (χ0v) is 13.2. The van der Waals surface area contributed by atoms with Crippen LogP contribution in [0.3, 0.4) is 0 Å². The summed E-state index contributed by atoms with van der Waals surface area (Å²) in [5, 5.41) is 0.284. The summed E-state index contributed by atoms with van der Waals surface area (Å²) in [6.07, 6.45) is 0. The van der Waals surface area contributed by atoms with Crippen molar-refractivity contribution in [2.24, 2.45) is 0 Å². The average molecular weight is 372 g/mol. The van der Waals surface area contributed by atoms with Crippen molar-refractivity contribution in [1.29, 1.82) is 0 Å².